The van der Waals surface area contributed by atoms with Crippen molar-refractivity contribution >= 4 is 0 Å². The Morgan fingerprint density at radius 2 is 2.25 bits per heavy atom. The Labute approximate surface area is 96.5 Å². The monoisotopic (exact) mass is 221 g/mol. The Morgan fingerprint density at radius 3 is 2.88 bits per heavy atom. The Bertz CT molecular complexity index is 348. The van der Waals surface area contributed by atoms with Crippen LogP contribution in [0.1, 0.15) is 12.5 Å². The quantitative estimate of drug-likeness (QED) is 0.821. The number of rotatable bonds is 5. The van der Waals surface area contributed by atoms with E-state index in [0.717, 1.165) is 32.0 Å². The van der Waals surface area contributed by atoms with Gasteiger partial charge in [-0.2, -0.15) is 0 Å². The molecule has 1 saturated heterocycles. The normalized spacial score (nSPS) is 17.9. The summed E-state index contributed by atoms with van der Waals surface area (Å²) in [5.74, 6) is 0.930. The van der Waals surface area contributed by atoms with E-state index < -0.39 is 0 Å². The van der Waals surface area contributed by atoms with Gasteiger partial charge in [0.15, 0.2) is 0 Å². The second kappa shape index (κ2) is 4.85. The number of ether oxygens (including phenoxy) is 2. The maximum Gasteiger partial charge on any atom is 0.119 e. The topological polar surface area (TPSA) is 44.5 Å². The number of hydrogen-bond donors (Lipinski definition) is 1. The molecule has 1 aliphatic rings. The minimum absolute atomic E-state index is 0.198. The van der Waals surface area contributed by atoms with Crippen LogP contribution in [0.3, 0.4) is 0 Å². The molecule has 1 aromatic rings. The van der Waals surface area contributed by atoms with Crippen LogP contribution in [-0.4, -0.2) is 26.4 Å². The third-order valence-electron chi connectivity index (χ3n) is 2.82. The third-order valence-corrected chi connectivity index (χ3v) is 2.82. The van der Waals surface area contributed by atoms with Gasteiger partial charge in [0, 0.05) is 5.41 Å². The zero-order valence-corrected chi connectivity index (χ0v) is 9.74. The summed E-state index contributed by atoms with van der Waals surface area (Å²) >= 11 is 0. The first kappa shape index (κ1) is 11.4. The summed E-state index contributed by atoms with van der Waals surface area (Å²) in [5.41, 5.74) is 6.96. The van der Waals surface area contributed by atoms with Gasteiger partial charge < -0.3 is 15.2 Å². The van der Waals surface area contributed by atoms with E-state index in [4.69, 9.17) is 15.2 Å². The lowest BCUT2D eigenvalue weighted by Gasteiger charge is -2.37. The molecule has 3 heteroatoms. The molecule has 2 rings (SSSR count). The summed E-state index contributed by atoms with van der Waals surface area (Å²) in [6.45, 7) is 5.18. The largest absolute Gasteiger partial charge is 0.493 e. The number of benzene rings is 1. The van der Waals surface area contributed by atoms with Gasteiger partial charge in [0.1, 0.15) is 5.75 Å². The van der Waals surface area contributed by atoms with Crippen LogP contribution in [0.15, 0.2) is 24.3 Å². The highest BCUT2D eigenvalue weighted by Crippen LogP contribution is 2.27. The van der Waals surface area contributed by atoms with E-state index in [9.17, 15) is 0 Å². The van der Waals surface area contributed by atoms with Crippen molar-refractivity contribution in [1.29, 1.82) is 0 Å². The van der Waals surface area contributed by atoms with E-state index in [1.54, 1.807) is 0 Å². The minimum Gasteiger partial charge on any atom is -0.493 e. The van der Waals surface area contributed by atoms with E-state index in [2.05, 4.69) is 19.1 Å². The molecule has 3 nitrogen and oxygen atoms in total. The van der Waals surface area contributed by atoms with Crippen molar-refractivity contribution < 1.29 is 9.47 Å². The second-order valence-electron chi connectivity index (χ2n) is 4.78. The van der Waals surface area contributed by atoms with E-state index >= 15 is 0 Å². The van der Waals surface area contributed by atoms with Gasteiger partial charge in [0.25, 0.3) is 0 Å². The zero-order chi connectivity index (χ0) is 11.4. The summed E-state index contributed by atoms with van der Waals surface area (Å²) in [6.07, 6.45) is 0.900. The van der Waals surface area contributed by atoms with Crippen molar-refractivity contribution in [2.45, 2.75) is 13.3 Å². The second-order valence-corrected chi connectivity index (χ2v) is 4.78. The predicted octanol–water partition coefficient (Wildman–Crippen LogP) is 1.60. The molecular weight excluding hydrogens is 202 g/mol. The van der Waals surface area contributed by atoms with Gasteiger partial charge in [-0.25, -0.2) is 0 Å². The first-order chi connectivity index (χ1) is 7.72. The van der Waals surface area contributed by atoms with Crippen molar-refractivity contribution in [3.8, 4) is 5.75 Å². The summed E-state index contributed by atoms with van der Waals surface area (Å²) in [4.78, 5) is 0. The lowest BCUT2D eigenvalue weighted by molar-refractivity contribution is -0.120. The smallest absolute Gasteiger partial charge is 0.119 e. The molecular formula is C13H19NO2. The van der Waals surface area contributed by atoms with Crippen molar-refractivity contribution in [3.05, 3.63) is 29.8 Å². The molecule has 2 N–H and O–H groups in total. The van der Waals surface area contributed by atoms with Gasteiger partial charge in [-0.15, -0.1) is 0 Å². The van der Waals surface area contributed by atoms with Crippen LogP contribution in [-0.2, 0) is 11.2 Å². The van der Waals surface area contributed by atoms with Gasteiger partial charge in [0.05, 0.1) is 19.8 Å². The molecule has 1 aliphatic heterocycles. The average Bonchev–Trinajstić information content (AvgIpc) is 2.25. The molecule has 88 valence electrons. The first-order valence-corrected chi connectivity index (χ1v) is 5.71. The van der Waals surface area contributed by atoms with Crippen molar-refractivity contribution in [2.24, 2.45) is 11.1 Å². The molecule has 0 unspecified atom stereocenters. The molecule has 0 saturated carbocycles. The number of nitrogens with two attached hydrogens (primary N) is 1. The van der Waals surface area contributed by atoms with Crippen molar-refractivity contribution in [3.63, 3.8) is 0 Å². The Morgan fingerprint density at radius 1 is 1.44 bits per heavy atom. The Balaban J connectivity index is 1.90. The van der Waals surface area contributed by atoms with Crippen LogP contribution in [0.2, 0.25) is 0 Å². The van der Waals surface area contributed by atoms with Gasteiger partial charge in [-0.1, -0.05) is 19.1 Å². The summed E-state index contributed by atoms with van der Waals surface area (Å²) in [6, 6.07) is 8.15. The van der Waals surface area contributed by atoms with Crippen LogP contribution in [0.4, 0.5) is 0 Å². The van der Waals surface area contributed by atoms with E-state index in [-0.39, 0.29) is 5.41 Å². The van der Waals surface area contributed by atoms with Gasteiger partial charge >= 0.3 is 0 Å². The standard InChI is InChI=1S/C13H19NO2/c1-13(8-15-9-13)10-16-12-4-2-3-11(7-12)5-6-14/h2-4,7H,5-6,8-10,14H2,1H3. The molecule has 0 aliphatic carbocycles. The minimum atomic E-state index is 0.198. The predicted molar refractivity (Wildman–Crippen MR) is 63.6 cm³/mol. The Hall–Kier alpha value is -1.06. The van der Waals surface area contributed by atoms with E-state index in [1.165, 1.54) is 5.56 Å². The van der Waals surface area contributed by atoms with Gasteiger partial charge in [0.2, 0.25) is 0 Å². The summed E-state index contributed by atoms with van der Waals surface area (Å²) < 4.78 is 11.0. The summed E-state index contributed by atoms with van der Waals surface area (Å²) in [5, 5.41) is 0. The molecule has 1 aromatic carbocycles. The number of hydrogen-bond acceptors (Lipinski definition) is 3. The van der Waals surface area contributed by atoms with Crippen LogP contribution in [0, 0.1) is 5.41 Å². The third kappa shape index (κ3) is 2.74. The Kier molecular flexibility index (Phi) is 3.46. The van der Waals surface area contributed by atoms with Gasteiger partial charge in [-0.05, 0) is 30.7 Å². The van der Waals surface area contributed by atoms with E-state index in [1.807, 2.05) is 12.1 Å². The molecule has 16 heavy (non-hydrogen) atoms. The highest BCUT2D eigenvalue weighted by atomic mass is 16.5. The van der Waals surface area contributed by atoms with Gasteiger partial charge in [-0.3, -0.25) is 0 Å². The molecule has 0 amide bonds. The highest BCUT2D eigenvalue weighted by Gasteiger charge is 2.34. The van der Waals surface area contributed by atoms with Crippen LogP contribution in [0.5, 0.6) is 5.75 Å². The SMILES string of the molecule is CC1(COc2cccc(CCN)c2)COC1. The molecule has 1 fully saturated rings. The van der Waals surface area contributed by atoms with Crippen molar-refractivity contribution in [1.82, 2.24) is 0 Å². The fourth-order valence-corrected chi connectivity index (χ4v) is 1.75. The zero-order valence-electron chi connectivity index (χ0n) is 9.74. The fraction of sp³-hybridized carbons (Fsp3) is 0.538. The maximum atomic E-state index is 5.78. The van der Waals surface area contributed by atoms with Crippen molar-refractivity contribution in [2.75, 3.05) is 26.4 Å². The fourth-order valence-electron chi connectivity index (χ4n) is 1.75. The average molecular weight is 221 g/mol. The van der Waals surface area contributed by atoms with E-state index in [0.29, 0.717) is 6.54 Å². The van der Waals surface area contributed by atoms with Crippen LogP contribution < -0.4 is 10.5 Å². The molecule has 1 heterocycles. The molecule has 0 atom stereocenters. The lowest BCUT2D eigenvalue weighted by atomic mass is 9.90. The maximum absolute atomic E-state index is 5.78. The molecule has 0 aromatic heterocycles. The summed E-state index contributed by atoms with van der Waals surface area (Å²) in [7, 11) is 0. The molecule has 0 radical (unpaired) electrons. The lowest BCUT2D eigenvalue weighted by Crippen LogP contribution is -2.44. The first-order valence-electron chi connectivity index (χ1n) is 5.71. The van der Waals surface area contributed by atoms with Crippen LogP contribution in [0.25, 0.3) is 0 Å². The highest BCUT2D eigenvalue weighted by molar-refractivity contribution is 5.28. The van der Waals surface area contributed by atoms with Crippen LogP contribution >= 0.6 is 0 Å². The molecule has 0 bridgehead atoms. The molecule has 0 spiro atoms.